The first-order valence-corrected chi connectivity index (χ1v) is 12.0. The van der Waals surface area contributed by atoms with Crippen LogP contribution in [0.1, 0.15) is 5.56 Å². The van der Waals surface area contributed by atoms with Crippen LogP contribution < -0.4 is 25.0 Å². The van der Waals surface area contributed by atoms with Gasteiger partial charge in [0, 0.05) is 15.2 Å². The molecule has 0 aliphatic carbocycles. The number of halogens is 2. The molecule has 188 valence electrons. The van der Waals surface area contributed by atoms with Crippen molar-refractivity contribution in [3.05, 3.63) is 87.4 Å². The first kappa shape index (κ1) is 25.9. The second kappa shape index (κ2) is 11.3. The number of barbiturate groups is 1. The monoisotopic (exact) mass is 583 g/mol. The van der Waals surface area contributed by atoms with E-state index in [0.29, 0.717) is 22.0 Å². The number of anilines is 2. The predicted octanol–water partition coefficient (Wildman–Crippen LogP) is 4.80. The molecule has 9 nitrogen and oxygen atoms in total. The van der Waals surface area contributed by atoms with Crippen molar-refractivity contribution < 1.29 is 28.7 Å². The fourth-order valence-electron chi connectivity index (χ4n) is 3.42. The Bertz CT molecular complexity index is 1410. The number of ether oxygens (including phenoxy) is 2. The van der Waals surface area contributed by atoms with Crippen LogP contribution in [-0.4, -0.2) is 37.5 Å². The van der Waals surface area contributed by atoms with E-state index in [1.54, 1.807) is 66.7 Å². The van der Waals surface area contributed by atoms with Crippen LogP contribution in [0.15, 0.2) is 76.8 Å². The summed E-state index contributed by atoms with van der Waals surface area (Å²) in [5.41, 5.74) is 1.08. The van der Waals surface area contributed by atoms with E-state index in [0.717, 1.165) is 9.37 Å². The van der Waals surface area contributed by atoms with Gasteiger partial charge in [-0.1, -0.05) is 33.6 Å². The second-order valence-electron chi connectivity index (χ2n) is 7.69. The molecule has 5 amide bonds. The topological polar surface area (TPSA) is 114 Å². The van der Waals surface area contributed by atoms with Crippen molar-refractivity contribution in [2.24, 2.45) is 0 Å². The third-order valence-corrected chi connectivity index (χ3v) is 5.95. The van der Waals surface area contributed by atoms with E-state index in [-0.39, 0.29) is 23.7 Å². The Kier molecular flexibility index (Phi) is 7.90. The van der Waals surface area contributed by atoms with Crippen molar-refractivity contribution in [1.29, 1.82) is 0 Å². The summed E-state index contributed by atoms with van der Waals surface area (Å²) in [5.74, 6) is -1.42. The van der Waals surface area contributed by atoms with Crippen molar-refractivity contribution in [1.82, 2.24) is 5.32 Å². The Morgan fingerprint density at radius 2 is 1.73 bits per heavy atom. The zero-order valence-corrected chi connectivity index (χ0v) is 21.6. The summed E-state index contributed by atoms with van der Waals surface area (Å²) in [6.07, 6.45) is 1.34. The summed E-state index contributed by atoms with van der Waals surface area (Å²) in [6, 6.07) is 17.0. The van der Waals surface area contributed by atoms with E-state index in [1.165, 1.54) is 13.2 Å². The van der Waals surface area contributed by atoms with Crippen LogP contribution in [0.3, 0.4) is 0 Å². The molecule has 3 aromatic rings. The Balaban J connectivity index is 1.50. The predicted molar refractivity (Wildman–Crippen MR) is 142 cm³/mol. The van der Waals surface area contributed by atoms with Crippen LogP contribution >= 0.6 is 27.5 Å². The smallest absolute Gasteiger partial charge is 0.335 e. The van der Waals surface area contributed by atoms with Crippen LogP contribution in [0.2, 0.25) is 5.02 Å². The highest BCUT2D eigenvalue weighted by molar-refractivity contribution is 9.10. The molecule has 37 heavy (non-hydrogen) atoms. The van der Waals surface area contributed by atoms with Crippen molar-refractivity contribution in [2.75, 3.05) is 23.9 Å². The highest BCUT2D eigenvalue weighted by Crippen LogP contribution is 2.30. The molecule has 0 saturated carbocycles. The number of rotatable bonds is 7. The molecule has 11 heteroatoms. The summed E-state index contributed by atoms with van der Waals surface area (Å²) in [5, 5.41) is 5.42. The first-order chi connectivity index (χ1) is 17.7. The summed E-state index contributed by atoms with van der Waals surface area (Å²) >= 11 is 9.15. The van der Waals surface area contributed by atoms with Gasteiger partial charge in [-0.25, -0.2) is 9.69 Å². The average molecular weight is 585 g/mol. The Labute approximate surface area is 225 Å². The van der Waals surface area contributed by atoms with Crippen LogP contribution in [0, 0.1) is 0 Å². The van der Waals surface area contributed by atoms with Crippen LogP contribution in [0.5, 0.6) is 11.5 Å². The number of imide groups is 2. The summed E-state index contributed by atoms with van der Waals surface area (Å²) < 4.78 is 11.7. The zero-order chi connectivity index (χ0) is 26.5. The SMILES string of the molecule is COc1cc(/C=C2\C(=O)NC(=O)N(c3ccc(Br)cc3)C2=O)ccc1OCC(=O)Nc1ccc(Cl)cc1. The summed E-state index contributed by atoms with van der Waals surface area (Å²) in [6.45, 7) is -0.287. The van der Waals surface area contributed by atoms with Crippen molar-refractivity contribution in [3.63, 3.8) is 0 Å². The van der Waals surface area contributed by atoms with Gasteiger partial charge >= 0.3 is 6.03 Å². The number of hydrogen-bond donors (Lipinski definition) is 2. The quantitative estimate of drug-likeness (QED) is 0.305. The maximum atomic E-state index is 13.1. The molecule has 1 aliphatic rings. The number of hydrogen-bond acceptors (Lipinski definition) is 6. The fourth-order valence-corrected chi connectivity index (χ4v) is 3.81. The van der Waals surface area contributed by atoms with Crippen LogP contribution in [-0.2, 0) is 14.4 Å². The van der Waals surface area contributed by atoms with E-state index in [9.17, 15) is 19.2 Å². The fraction of sp³-hybridized carbons (Fsp3) is 0.0769. The molecule has 1 fully saturated rings. The number of methoxy groups -OCH3 is 1. The van der Waals surface area contributed by atoms with E-state index >= 15 is 0 Å². The molecule has 0 bridgehead atoms. The molecule has 0 atom stereocenters. The number of benzene rings is 3. The molecule has 1 heterocycles. The molecular weight excluding hydrogens is 566 g/mol. The molecule has 3 aromatic carbocycles. The van der Waals surface area contributed by atoms with Crippen LogP contribution in [0.4, 0.5) is 16.2 Å². The minimum absolute atomic E-state index is 0.236. The normalized spacial score (nSPS) is 14.4. The standard InChI is InChI=1S/C26H19BrClN3O6/c1-36-22-13-15(2-11-21(22)37-14-23(32)29-18-7-5-17(28)6-8-18)12-20-24(33)30-26(35)31(25(20)34)19-9-3-16(27)4-10-19/h2-13H,14H2,1H3,(H,29,32)(H,30,33,35)/b20-12+. The van der Waals surface area contributed by atoms with Gasteiger partial charge < -0.3 is 14.8 Å². The maximum Gasteiger partial charge on any atom is 0.335 e. The van der Waals surface area contributed by atoms with Gasteiger partial charge in [-0.15, -0.1) is 0 Å². The minimum atomic E-state index is -0.840. The molecular formula is C26H19BrClN3O6. The average Bonchev–Trinajstić information content (AvgIpc) is 2.88. The molecule has 1 saturated heterocycles. The summed E-state index contributed by atoms with van der Waals surface area (Å²) in [4.78, 5) is 51.0. The molecule has 0 aromatic heterocycles. The first-order valence-electron chi connectivity index (χ1n) is 10.8. The van der Waals surface area contributed by atoms with Crippen molar-refractivity contribution in [3.8, 4) is 11.5 Å². The largest absolute Gasteiger partial charge is 0.493 e. The van der Waals surface area contributed by atoms with E-state index in [1.807, 2.05) is 0 Å². The van der Waals surface area contributed by atoms with Gasteiger partial charge in [0.25, 0.3) is 17.7 Å². The number of carbonyl (C=O) groups excluding carboxylic acids is 4. The molecule has 4 rings (SSSR count). The molecule has 0 radical (unpaired) electrons. The van der Waals surface area contributed by atoms with E-state index < -0.39 is 23.8 Å². The van der Waals surface area contributed by atoms with Gasteiger partial charge in [-0.05, 0) is 72.3 Å². The molecule has 0 unspecified atom stereocenters. The van der Waals surface area contributed by atoms with Gasteiger partial charge in [-0.3, -0.25) is 19.7 Å². The summed E-state index contributed by atoms with van der Waals surface area (Å²) in [7, 11) is 1.42. The van der Waals surface area contributed by atoms with Crippen molar-refractivity contribution in [2.45, 2.75) is 0 Å². The third kappa shape index (κ3) is 6.16. The van der Waals surface area contributed by atoms with Crippen molar-refractivity contribution >= 4 is 68.7 Å². The lowest BCUT2D eigenvalue weighted by Gasteiger charge is -2.26. The minimum Gasteiger partial charge on any atom is -0.493 e. The second-order valence-corrected chi connectivity index (χ2v) is 9.04. The number of nitrogens with zero attached hydrogens (tertiary/aromatic N) is 1. The van der Waals surface area contributed by atoms with Gasteiger partial charge in [0.15, 0.2) is 18.1 Å². The Hall–Kier alpha value is -4.15. The lowest BCUT2D eigenvalue weighted by molar-refractivity contribution is -0.122. The Morgan fingerprint density at radius 1 is 1.03 bits per heavy atom. The van der Waals surface area contributed by atoms with Gasteiger partial charge in [0.2, 0.25) is 0 Å². The van der Waals surface area contributed by atoms with Gasteiger partial charge in [-0.2, -0.15) is 0 Å². The lowest BCUT2D eigenvalue weighted by Crippen LogP contribution is -2.54. The maximum absolute atomic E-state index is 13.1. The number of nitrogens with one attached hydrogen (secondary N) is 2. The highest BCUT2D eigenvalue weighted by Gasteiger charge is 2.36. The zero-order valence-electron chi connectivity index (χ0n) is 19.3. The van der Waals surface area contributed by atoms with Gasteiger partial charge in [0.1, 0.15) is 5.57 Å². The Morgan fingerprint density at radius 3 is 2.41 bits per heavy atom. The highest BCUT2D eigenvalue weighted by atomic mass is 79.9. The van der Waals surface area contributed by atoms with Crippen LogP contribution in [0.25, 0.3) is 6.08 Å². The molecule has 2 N–H and O–H groups in total. The lowest BCUT2D eigenvalue weighted by atomic mass is 10.1. The molecule has 1 aliphatic heterocycles. The number of carbonyl (C=O) groups is 4. The van der Waals surface area contributed by atoms with E-state index in [2.05, 4.69) is 26.6 Å². The molecule has 0 spiro atoms. The number of urea groups is 1. The van der Waals surface area contributed by atoms with E-state index in [4.69, 9.17) is 21.1 Å². The number of amides is 5. The third-order valence-electron chi connectivity index (χ3n) is 5.17. The van der Waals surface area contributed by atoms with Gasteiger partial charge in [0.05, 0.1) is 12.8 Å².